The first kappa shape index (κ1) is 11.9. The number of nitrogens with zero attached hydrogens (tertiary/aromatic N) is 2. The van der Waals surface area contributed by atoms with Crippen LogP contribution >= 0.6 is 11.8 Å². The molecule has 1 aliphatic carbocycles. The summed E-state index contributed by atoms with van der Waals surface area (Å²) in [4.78, 5) is 4.44. The van der Waals surface area contributed by atoms with Crippen molar-refractivity contribution in [2.45, 2.75) is 50.3 Å². The van der Waals surface area contributed by atoms with Gasteiger partial charge in [0.25, 0.3) is 0 Å². The molecule has 2 rings (SSSR count). The summed E-state index contributed by atoms with van der Waals surface area (Å²) in [6.45, 7) is 2.13. The van der Waals surface area contributed by atoms with Crippen molar-refractivity contribution < 1.29 is 4.52 Å². The van der Waals surface area contributed by atoms with Gasteiger partial charge in [-0.1, -0.05) is 24.9 Å². The van der Waals surface area contributed by atoms with Gasteiger partial charge in [0, 0.05) is 6.04 Å². The predicted octanol–water partition coefficient (Wildman–Crippen LogP) is 2.31. The Bertz CT molecular complexity index is 329. The molecule has 0 aromatic carbocycles. The van der Waals surface area contributed by atoms with E-state index in [-0.39, 0.29) is 12.0 Å². The Morgan fingerprint density at radius 1 is 1.44 bits per heavy atom. The summed E-state index contributed by atoms with van der Waals surface area (Å²) in [6, 6.07) is 0.195. The average molecular weight is 241 g/mol. The normalized spacial score (nSPS) is 25.9. The molecule has 0 bridgehead atoms. The molecule has 1 aromatic heterocycles. The van der Waals surface area contributed by atoms with Crippen LogP contribution < -0.4 is 5.73 Å². The van der Waals surface area contributed by atoms with Crippen LogP contribution in [0.2, 0.25) is 0 Å². The minimum atomic E-state index is 0.195. The SMILES string of the molecule is CCSCc1noc(C2CCCCC2N)n1. The lowest BCUT2D eigenvalue weighted by molar-refractivity contribution is 0.289. The molecule has 1 aliphatic rings. The zero-order valence-corrected chi connectivity index (χ0v) is 10.5. The van der Waals surface area contributed by atoms with Crippen LogP contribution in [-0.2, 0) is 5.75 Å². The lowest BCUT2D eigenvalue weighted by Crippen LogP contribution is -2.31. The number of hydrogen-bond donors (Lipinski definition) is 1. The third-order valence-electron chi connectivity index (χ3n) is 3.06. The van der Waals surface area contributed by atoms with Crippen molar-refractivity contribution in [2.24, 2.45) is 5.73 Å². The van der Waals surface area contributed by atoms with E-state index in [0.29, 0.717) is 0 Å². The summed E-state index contributed by atoms with van der Waals surface area (Å²) < 4.78 is 5.32. The Kier molecular flexibility index (Phi) is 4.23. The van der Waals surface area contributed by atoms with Crippen LogP contribution in [0, 0.1) is 0 Å². The Labute approximate surface area is 100 Å². The summed E-state index contributed by atoms with van der Waals surface area (Å²) in [5.41, 5.74) is 6.09. The molecule has 90 valence electrons. The Morgan fingerprint density at radius 3 is 3.00 bits per heavy atom. The Hall–Kier alpha value is -0.550. The molecule has 0 saturated heterocycles. The van der Waals surface area contributed by atoms with Gasteiger partial charge in [0.05, 0.1) is 11.7 Å². The molecule has 5 heteroatoms. The molecule has 0 spiro atoms. The van der Waals surface area contributed by atoms with Crippen molar-refractivity contribution in [3.05, 3.63) is 11.7 Å². The standard InChI is InChI=1S/C11H19N3OS/c1-2-16-7-10-13-11(15-14-10)8-5-3-4-6-9(8)12/h8-9H,2-7,12H2,1H3. The van der Waals surface area contributed by atoms with Crippen LogP contribution in [0.25, 0.3) is 0 Å². The summed E-state index contributed by atoms with van der Waals surface area (Å²) in [5.74, 6) is 3.74. The largest absolute Gasteiger partial charge is 0.339 e. The van der Waals surface area contributed by atoms with Crippen LogP contribution in [0.1, 0.15) is 50.2 Å². The smallest absolute Gasteiger partial charge is 0.231 e. The van der Waals surface area contributed by atoms with Gasteiger partial charge < -0.3 is 10.3 Å². The first-order valence-corrected chi connectivity index (χ1v) is 7.12. The van der Waals surface area contributed by atoms with Crippen LogP contribution in [0.4, 0.5) is 0 Å². The van der Waals surface area contributed by atoms with E-state index in [1.54, 1.807) is 11.8 Å². The first-order chi connectivity index (χ1) is 7.81. The quantitative estimate of drug-likeness (QED) is 0.876. The Morgan fingerprint density at radius 2 is 2.25 bits per heavy atom. The summed E-state index contributed by atoms with van der Waals surface area (Å²) in [5, 5.41) is 4.00. The van der Waals surface area contributed by atoms with Gasteiger partial charge in [-0.3, -0.25) is 0 Å². The Balaban J connectivity index is 1.99. The van der Waals surface area contributed by atoms with Crippen molar-refractivity contribution >= 4 is 11.8 Å². The van der Waals surface area contributed by atoms with Gasteiger partial charge in [-0.15, -0.1) is 0 Å². The molecule has 0 radical (unpaired) electrons. The maximum absolute atomic E-state index is 6.09. The highest BCUT2D eigenvalue weighted by molar-refractivity contribution is 7.98. The molecule has 1 heterocycles. The van der Waals surface area contributed by atoms with Crippen molar-refractivity contribution in [1.82, 2.24) is 10.1 Å². The van der Waals surface area contributed by atoms with Crippen LogP contribution in [0.5, 0.6) is 0 Å². The topological polar surface area (TPSA) is 64.9 Å². The highest BCUT2D eigenvalue weighted by Gasteiger charge is 2.28. The third kappa shape index (κ3) is 2.77. The fourth-order valence-corrected chi connectivity index (χ4v) is 2.64. The van der Waals surface area contributed by atoms with E-state index in [0.717, 1.165) is 36.1 Å². The number of nitrogens with two attached hydrogens (primary N) is 1. The van der Waals surface area contributed by atoms with Gasteiger partial charge in [-0.2, -0.15) is 16.7 Å². The van der Waals surface area contributed by atoms with E-state index in [1.165, 1.54) is 12.8 Å². The fourth-order valence-electron chi connectivity index (χ4n) is 2.14. The number of rotatable bonds is 4. The molecule has 16 heavy (non-hydrogen) atoms. The molecular weight excluding hydrogens is 222 g/mol. The van der Waals surface area contributed by atoms with E-state index < -0.39 is 0 Å². The molecule has 4 nitrogen and oxygen atoms in total. The lowest BCUT2D eigenvalue weighted by Gasteiger charge is -2.25. The van der Waals surface area contributed by atoms with E-state index in [9.17, 15) is 0 Å². The maximum atomic E-state index is 6.09. The van der Waals surface area contributed by atoms with Crippen molar-refractivity contribution in [3.8, 4) is 0 Å². The van der Waals surface area contributed by atoms with Crippen LogP contribution in [-0.4, -0.2) is 21.9 Å². The van der Waals surface area contributed by atoms with Gasteiger partial charge in [0.1, 0.15) is 0 Å². The lowest BCUT2D eigenvalue weighted by atomic mass is 9.85. The van der Waals surface area contributed by atoms with Crippen molar-refractivity contribution in [3.63, 3.8) is 0 Å². The first-order valence-electron chi connectivity index (χ1n) is 5.97. The van der Waals surface area contributed by atoms with Crippen molar-refractivity contribution in [1.29, 1.82) is 0 Å². The maximum Gasteiger partial charge on any atom is 0.231 e. The monoisotopic (exact) mass is 241 g/mol. The molecule has 0 amide bonds. The number of aromatic nitrogens is 2. The molecule has 2 unspecified atom stereocenters. The minimum Gasteiger partial charge on any atom is -0.339 e. The van der Waals surface area contributed by atoms with Crippen molar-refractivity contribution in [2.75, 3.05) is 5.75 Å². The summed E-state index contributed by atoms with van der Waals surface area (Å²) >= 11 is 1.81. The second-order valence-electron chi connectivity index (χ2n) is 4.24. The molecule has 2 N–H and O–H groups in total. The second kappa shape index (κ2) is 5.68. The van der Waals surface area contributed by atoms with Gasteiger partial charge in [0.2, 0.25) is 5.89 Å². The molecule has 1 saturated carbocycles. The summed E-state index contributed by atoms with van der Waals surface area (Å²) in [6.07, 6.45) is 4.61. The van der Waals surface area contributed by atoms with Gasteiger partial charge in [-0.25, -0.2) is 0 Å². The van der Waals surface area contributed by atoms with Crippen LogP contribution in [0.15, 0.2) is 4.52 Å². The van der Waals surface area contributed by atoms with Gasteiger partial charge in [0.15, 0.2) is 5.82 Å². The number of hydrogen-bond acceptors (Lipinski definition) is 5. The van der Waals surface area contributed by atoms with E-state index >= 15 is 0 Å². The van der Waals surface area contributed by atoms with Gasteiger partial charge >= 0.3 is 0 Å². The van der Waals surface area contributed by atoms with E-state index in [1.807, 2.05) is 0 Å². The number of thioether (sulfide) groups is 1. The van der Waals surface area contributed by atoms with Crippen LogP contribution in [0.3, 0.4) is 0 Å². The van der Waals surface area contributed by atoms with E-state index in [2.05, 4.69) is 17.1 Å². The highest BCUT2D eigenvalue weighted by Crippen LogP contribution is 2.31. The second-order valence-corrected chi connectivity index (χ2v) is 5.52. The van der Waals surface area contributed by atoms with E-state index in [4.69, 9.17) is 10.3 Å². The summed E-state index contributed by atoms with van der Waals surface area (Å²) in [7, 11) is 0. The molecular formula is C11H19N3OS. The molecule has 2 atom stereocenters. The predicted molar refractivity (Wildman–Crippen MR) is 65.3 cm³/mol. The molecule has 1 fully saturated rings. The average Bonchev–Trinajstić information content (AvgIpc) is 2.75. The zero-order valence-electron chi connectivity index (χ0n) is 9.69. The third-order valence-corrected chi connectivity index (χ3v) is 3.93. The minimum absolute atomic E-state index is 0.195. The molecule has 0 aliphatic heterocycles. The van der Waals surface area contributed by atoms with Gasteiger partial charge in [-0.05, 0) is 18.6 Å². The zero-order chi connectivity index (χ0) is 11.4. The molecule has 1 aromatic rings. The highest BCUT2D eigenvalue weighted by atomic mass is 32.2. The fraction of sp³-hybridized carbons (Fsp3) is 0.818.